The Morgan fingerprint density at radius 3 is 2.90 bits per heavy atom. The zero-order valence-electron chi connectivity index (χ0n) is 11.1. The van der Waals surface area contributed by atoms with Gasteiger partial charge in [0.15, 0.2) is 6.23 Å². The first-order valence-electron chi connectivity index (χ1n) is 6.18. The number of hydrogen-bond acceptors (Lipinski definition) is 7. The summed E-state index contributed by atoms with van der Waals surface area (Å²) in [6, 6.07) is 3.23. The normalized spacial score (nSPS) is 28.1. The molecule has 9 heteroatoms. The lowest BCUT2D eigenvalue weighted by Crippen LogP contribution is -2.31. The zero-order valence-corrected chi connectivity index (χ0v) is 11.1. The minimum atomic E-state index is -1.20. The summed E-state index contributed by atoms with van der Waals surface area (Å²) in [7, 11) is 0. The van der Waals surface area contributed by atoms with Crippen molar-refractivity contribution in [1.82, 2.24) is 9.55 Å². The molecule has 1 fully saturated rings. The lowest BCUT2D eigenvalue weighted by molar-refractivity contribution is -0.114. The van der Waals surface area contributed by atoms with Crippen LogP contribution in [0, 0.1) is 17.2 Å². The van der Waals surface area contributed by atoms with Gasteiger partial charge in [-0.2, -0.15) is 10.2 Å². The van der Waals surface area contributed by atoms with Gasteiger partial charge >= 0.3 is 5.69 Å². The predicted octanol–water partition coefficient (Wildman–Crippen LogP) is -1.41. The minimum absolute atomic E-state index is 0.0783. The summed E-state index contributed by atoms with van der Waals surface area (Å²) < 4.78 is 6.37. The fourth-order valence-corrected chi connectivity index (χ4v) is 2.13. The Morgan fingerprint density at radius 1 is 1.67 bits per heavy atom. The number of aliphatic hydroxyl groups excluding tert-OH is 2. The van der Waals surface area contributed by atoms with Crippen LogP contribution in [0.2, 0.25) is 0 Å². The van der Waals surface area contributed by atoms with Crippen LogP contribution in [0.25, 0.3) is 0 Å². The van der Waals surface area contributed by atoms with Gasteiger partial charge in [0.25, 0.3) is 0 Å². The predicted molar refractivity (Wildman–Crippen MR) is 68.9 cm³/mol. The molecule has 1 aromatic heterocycles. The summed E-state index contributed by atoms with van der Waals surface area (Å²) in [5, 5.41) is 30.4. The molecule has 0 spiro atoms. The van der Waals surface area contributed by atoms with E-state index in [2.05, 4.69) is 10.3 Å². The van der Waals surface area contributed by atoms with E-state index in [1.54, 1.807) is 0 Å². The van der Waals surface area contributed by atoms with Crippen molar-refractivity contribution in [2.45, 2.75) is 25.4 Å². The second kappa shape index (κ2) is 6.01. The fourth-order valence-electron chi connectivity index (χ4n) is 2.13. The molecule has 3 N–H and O–H groups in total. The molecule has 1 amide bonds. The van der Waals surface area contributed by atoms with E-state index in [9.17, 15) is 14.7 Å². The highest BCUT2D eigenvalue weighted by atomic mass is 16.5. The van der Waals surface area contributed by atoms with Gasteiger partial charge in [-0.05, 0) is 6.07 Å². The number of carbonyl (C=O) groups is 1. The maximum atomic E-state index is 11.9. The molecule has 1 aliphatic heterocycles. The SMILES string of the molecule is CC(=O)Nc1ccn([C@@H]2O[C@H](CO)C(O)[C@@H]2C#N)c(=O)n1. The quantitative estimate of drug-likeness (QED) is 0.622. The molecule has 112 valence electrons. The van der Waals surface area contributed by atoms with Crippen LogP contribution in [-0.2, 0) is 9.53 Å². The molecule has 0 saturated carbocycles. The first-order chi connectivity index (χ1) is 9.97. The van der Waals surface area contributed by atoms with E-state index in [-0.39, 0.29) is 11.7 Å². The monoisotopic (exact) mass is 294 g/mol. The van der Waals surface area contributed by atoms with Crippen molar-refractivity contribution < 1.29 is 19.7 Å². The summed E-state index contributed by atoms with van der Waals surface area (Å²) in [5.74, 6) is -1.30. The van der Waals surface area contributed by atoms with Crippen molar-refractivity contribution in [3.8, 4) is 6.07 Å². The van der Waals surface area contributed by atoms with Gasteiger partial charge in [0.05, 0.1) is 12.7 Å². The van der Waals surface area contributed by atoms with Crippen molar-refractivity contribution in [3.05, 3.63) is 22.7 Å². The molecule has 1 aliphatic rings. The van der Waals surface area contributed by atoms with Crippen molar-refractivity contribution in [2.24, 2.45) is 5.92 Å². The van der Waals surface area contributed by atoms with Gasteiger partial charge in [-0.25, -0.2) is 4.79 Å². The van der Waals surface area contributed by atoms with Gasteiger partial charge in [-0.15, -0.1) is 0 Å². The highest BCUT2D eigenvalue weighted by molar-refractivity contribution is 5.87. The second-order valence-corrected chi connectivity index (χ2v) is 4.58. The van der Waals surface area contributed by atoms with Crippen LogP contribution >= 0.6 is 0 Å². The molecule has 2 heterocycles. The first-order valence-corrected chi connectivity index (χ1v) is 6.18. The number of aromatic nitrogens is 2. The molecule has 1 unspecified atom stereocenters. The second-order valence-electron chi connectivity index (χ2n) is 4.58. The Labute approximate surface area is 119 Å². The van der Waals surface area contributed by atoms with Crippen LogP contribution in [0.5, 0.6) is 0 Å². The first kappa shape index (κ1) is 15.1. The minimum Gasteiger partial charge on any atom is -0.394 e. The number of carbonyl (C=O) groups excluding carboxylic acids is 1. The van der Waals surface area contributed by atoms with Gasteiger partial charge in [-0.1, -0.05) is 0 Å². The number of aliphatic hydroxyl groups is 2. The van der Waals surface area contributed by atoms with Crippen LogP contribution in [-0.4, -0.2) is 44.5 Å². The number of amides is 1. The zero-order chi connectivity index (χ0) is 15.6. The van der Waals surface area contributed by atoms with Crippen LogP contribution in [0.1, 0.15) is 13.2 Å². The summed E-state index contributed by atoms with van der Waals surface area (Å²) >= 11 is 0. The van der Waals surface area contributed by atoms with Gasteiger partial charge in [-0.3, -0.25) is 9.36 Å². The standard InChI is InChI=1S/C12H14N4O5/c1-6(18)14-9-2-3-16(12(20)15-9)11-7(4-13)10(19)8(5-17)21-11/h2-3,7-8,10-11,17,19H,5H2,1H3,(H,14,15,18,20)/t7-,8+,10?,11+/m0/s1. The van der Waals surface area contributed by atoms with Gasteiger partial charge < -0.3 is 20.3 Å². The molecule has 1 saturated heterocycles. The summed E-state index contributed by atoms with van der Waals surface area (Å²) in [6.07, 6.45) is -1.88. The van der Waals surface area contributed by atoms with E-state index >= 15 is 0 Å². The van der Waals surface area contributed by atoms with Crippen LogP contribution in [0.3, 0.4) is 0 Å². The number of ether oxygens (including phenoxy) is 1. The lowest BCUT2D eigenvalue weighted by Gasteiger charge is -2.16. The smallest absolute Gasteiger partial charge is 0.351 e. The average molecular weight is 294 g/mol. The maximum Gasteiger partial charge on any atom is 0.351 e. The molecule has 1 aromatic rings. The molecule has 0 aliphatic carbocycles. The van der Waals surface area contributed by atoms with E-state index < -0.39 is 36.7 Å². The third-order valence-corrected chi connectivity index (χ3v) is 3.11. The topological polar surface area (TPSA) is 137 Å². The van der Waals surface area contributed by atoms with E-state index in [1.807, 2.05) is 6.07 Å². The molecule has 21 heavy (non-hydrogen) atoms. The third-order valence-electron chi connectivity index (χ3n) is 3.11. The Bertz CT molecular complexity index is 637. The van der Waals surface area contributed by atoms with Crippen LogP contribution in [0.15, 0.2) is 17.1 Å². The molecular weight excluding hydrogens is 280 g/mol. The maximum absolute atomic E-state index is 11.9. The van der Waals surface area contributed by atoms with Crippen LogP contribution < -0.4 is 11.0 Å². The Balaban J connectivity index is 2.32. The molecule has 0 aromatic carbocycles. The Morgan fingerprint density at radius 2 is 2.38 bits per heavy atom. The third kappa shape index (κ3) is 2.92. The molecule has 9 nitrogen and oxygen atoms in total. The van der Waals surface area contributed by atoms with Gasteiger partial charge in [0, 0.05) is 13.1 Å². The highest BCUT2D eigenvalue weighted by Crippen LogP contribution is 2.33. The number of rotatable bonds is 3. The number of hydrogen-bond donors (Lipinski definition) is 3. The number of nitrogens with one attached hydrogen (secondary N) is 1. The van der Waals surface area contributed by atoms with E-state index in [0.717, 1.165) is 4.57 Å². The fraction of sp³-hybridized carbons (Fsp3) is 0.500. The molecule has 0 bridgehead atoms. The van der Waals surface area contributed by atoms with Gasteiger partial charge in [0.2, 0.25) is 5.91 Å². The lowest BCUT2D eigenvalue weighted by atomic mass is 10.0. The number of nitriles is 1. The number of nitrogens with zero attached hydrogens (tertiary/aromatic N) is 3. The number of anilines is 1. The van der Waals surface area contributed by atoms with Crippen molar-refractivity contribution in [2.75, 3.05) is 11.9 Å². The Kier molecular flexibility index (Phi) is 4.32. The van der Waals surface area contributed by atoms with Crippen molar-refractivity contribution in [1.29, 1.82) is 5.26 Å². The average Bonchev–Trinajstić information content (AvgIpc) is 2.74. The van der Waals surface area contributed by atoms with E-state index in [0.29, 0.717) is 0 Å². The van der Waals surface area contributed by atoms with Crippen LogP contribution in [0.4, 0.5) is 5.82 Å². The summed E-state index contributed by atoms with van der Waals surface area (Å²) in [4.78, 5) is 26.5. The highest BCUT2D eigenvalue weighted by Gasteiger charge is 2.45. The van der Waals surface area contributed by atoms with Crippen molar-refractivity contribution in [3.63, 3.8) is 0 Å². The van der Waals surface area contributed by atoms with Gasteiger partial charge in [0.1, 0.15) is 23.9 Å². The van der Waals surface area contributed by atoms with Crippen molar-refractivity contribution >= 4 is 11.7 Å². The van der Waals surface area contributed by atoms with E-state index in [1.165, 1.54) is 19.2 Å². The van der Waals surface area contributed by atoms with E-state index in [4.69, 9.17) is 15.1 Å². The largest absolute Gasteiger partial charge is 0.394 e. The molecule has 0 radical (unpaired) electrons. The summed E-state index contributed by atoms with van der Waals surface area (Å²) in [5.41, 5.74) is -0.739. The molecular formula is C12H14N4O5. The molecule has 4 atom stereocenters. The summed E-state index contributed by atoms with van der Waals surface area (Å²) in [6.45, 7) is 0.809. The Hall–Kier alpha value is -2.28. The molecule has 2 rings (SSSR count).